The van der Waals surface area contributed by atoms with Crippen LogP contribution in [0.1, 0.15) is 35.7 Å². The quantitative estimate of drug-likeness (QED) is 0.727. The van der Waals surface area contributed by atoms with E-state index < -0.39 is 11.5 Å². The summed E-state index contributed by atoms with van der Waals surface area (Å²) in [6.45, 7) is 2.46. The van der Waals surface area contributed by atoms with E-state index >= 15 is 0 Å². The first-order chi connectivity index (χ1) is 12.4. The van der Waals surface area contributed by atoms with Gasteiger partial charge >= 0.3 is 0 Å². The van der Waals surface area contributed by atoms with Crippen molar-refractivity contribution in [1.29, 1.82) is 0 Å². The summed E-state index contributed by atoms with van der Waals surface area (Å²) < 4.78 is 5.84. The molecule has 1 aliphatic heterocycles. The molecule has 1 heterocycles. The first-order valence-corrected chi connectivity index (χ1v) is 9.21. The first kappa shape index (κ1) is 18.6. The molecular weight excluding hydrogens is 398 g/mol. The van der Waals surface area contributed by atoms with Crippen LogP contribution in [0.5, 0.6) is 5.75 Å². The summed E-state index contributed by atoms with van der Waals surface area (Å²) in [5, 5.41) is 11.2. The molecule has 2 aromatic rings. The highest BCUT2D eigenvalue weighted by atomic mass is 79.9. The van der Waals surface area contributed by atoms with E-state index in [4.69, 9.17) is 4.74 Å². The minimum atomic E-state index is -1.86. The maximum Gasteiger partial charge on any atom is 0.264 e. The summed E-state index contributed by atoms with van der Waals surface area (Å²) in [7, 11) is 1.55. The summed E-state index contributed by atoms with van der Waals surface area (Å²) in [5.74, 6) is -0.109. The molecule has 1 aliphatic rings. The van der Waals surface area contributed by atoms with Gasteiger partial charge in [0.15, 0.2) is 11.4 Å². The number of ether oxygens (including phenoxy) is 1. The fraction of sp³-hybridized carbons (Fsp3) is 0.300. The van der Waals surface area contributed by atoms with Crippen molar-refractivity contribution in [2.24, 2.45) is 0 Å². The van der Waals surface area contributed by atoms with Crippen LogP contribution >= 0.6 is 15.9 Å². The highest BCUT2D eigenvalue weighted by Gasteiger charge is 2.50. The number of halogens is 1. The third-order valence-corrected chi connectivity index (χ3v) is 5.06. The molecule has 0 spiro atoms. The van der Waals surface area contributed by atoms with Gasteiger partial charge in [0, 0.05) is 22.1 Å². The second kappa shape index (κ2) is 7.21. The summed E-state index contributed by atoms with van der Waals surface area (Å²) in [6.07, 6.45) is 0.450. The van der Waals surface area contributed by atoms with Crippen LogP contribution in [0, 0.1) is 0 Å². The maximum atomic E-state index is 12.9. The molecule has 3 rings (SSSR count). The van der Waals surface area contributed by atoms with Gasteiger partial charge in [-0.1, -0.05) is 22.9 Å². The Morgan fingerprint density at radius 2 is 1.92 bits per heavy atom. The number of anilines is 1. The van der Waals surface area contributed by atoms with Crippen molar-refractivity contribution >= 4 is 33.3 Å². The van der Waals surface area contributed by atoms with Crippen molar-refractivity contribution in [3.63, 3.8) is 0 Å². The standard InChI is InChI=1S/C20H20BrNO4/c1-3-10-22-17-9-6-14(21)11-16(17)20(25,19(22)24)12-18(23)13-4-7-15(26-2)8-5-13/h4-9,11,25H,3,10,12H2,1-2H3/t20-/m0/s1. The number of hydrogen-bond donors (Lipinski definition) is 1. The topological polar surface area (TPSA) is 66.8 Å². The number of carbonyl (C=O) groups excluding carboxylic acids is 2. The molecule has 0 unspecified atom stereocenters. The molecule has 0 fully saturated rings. The van der Waals surface area contributed by atoms with Crippen LogP contribution in [0.2, 0.25) is 0 Å². The third kappa shape index (κ3) is 3.15. The number of nitrogens with zero attached hydrogens (tertiary/aromatic N) is 1. The zero-order chi connectivity index (χ0) is 18.9. The average molecular weight is 418 g/mol. The third-order valence-electron chi connectivity index (χ3n) is 4.57. The van der Waals surface area contributed by atoms with Gasteiger partial charge in [0.05, 0.1) is 19.2 Å². The number of methoxy groups -OCH3 is 1. The number of ketones is 1. The van der Waals surface area contributed by atoms with E-state index in [1.54, 1.807) is 48.4 Å². The molecule has 1 amide bonds. The van der Waals surface area contributed by atoms with Crippen molar-refractivity contribution in [2.75, 3.05) is 18.6 Å². The predicted octanol–water partition coefficient (Wildman–Crippen LogP) is 3.67. The van der Waals surface area contributed by atoms with Gasteiger partial charge in [0.2, 0.25) is 0 Å². The van der Waals surface area contributed by atoms with Crippen molar-refractivity contribution < 1.29 is 19.4 Å². The lowest BCUT2D eigenvalue weighted by Gasteiger charge is -2.22. The fourth-order valence-corrected chi connectivity index (χ4v) is 3.61. The normalized spacial score (nSPS) is 18.8. The molecule has 0 saturated heterocycles. The van der Waals surface area contributed by atoms with Gasteiger partial charge in [-0.05, 0) is 48.9 Å². The number of hydrogen-bond acceptors (Lipinski definition) is 4. The van der Waals surface area contributed by atoms with E-state index in [0.29, 0.717) is 29.1 Å². The number of Topliss-reactive ketones (excluding diaryl/α,β-unsaturated/α-hetero) is 1. The highest BCUT2D eigenvalue weighted by Crippen LogP contribution is 2.44. The van der Waals surface area contributed by atoms with Gasteiger partial charge in [-0.3, -0.25) is 9.59 Å². The molecule has 5 nitrogen and oxygen atoms in total. The van der Waals surface area contributed by atoms with Crippen LogP contribution in [0.4, 0.5) is 5.69 Å². The Kier molecular flexibility index (Phi) is 5.16. The predicted molar refractivity (Wildman–Crippen MR) is 103 cm³/mol. The Labute approximate surface area is 160 Å². The van der Waals surface area contributed by atoms with Crippen molar-refractivity contribution in [3.05, 3.63) is 58.1 Å². The lowest BCUT2D eigenvalue weighted by atomic mass is 9.88. The van der Waals surface area contributed by atoms with Crippen molar-refractivity contribution in [3.8, 4) is 5.75 Å². The van der Waals surface area contributed by atoms with E-state index in [2.05, 4.69) is 15.9 Å². The molecular formula is C20H20BrNO4. The molecule has 2 aromatic carbocycles. The van der Waals surface area contributed by atoms with Crippen LogP contribution in [-0.4, -0.2) is 30.5 Å². The Balaban J connectivity index is 1.96. The zero-order valence-corrected chi connectivity index (χ0v) is 16.2. The van der Waals surface area contributed by atoms with Gasteiger partial charge in [-0.2, -0.15) is 0 Å². The van der Waals surface area contributed by atoms with E-state index in [1.165, 1.54) is 0 Å². The summed E-state index contributed by atoms with van der Waals surface area (Å²) in [5.41, 5.74) is -0.305. The van der Waals surface area contributed by atoms with Gasteiger partial charge < -0.3 is 14.7 Å². The molecule has 0 saturated carbocycles. The molecule has 0 bridgehead atoms. The molecule has 26 heavy (non-hydrogen) atoms. The average Bonchev–Trinajstić information content (AvgIpc) is 2.84. The minimum absolute atomic E-state index is 0.298. The van der Waals surface area contributed by atoms with Crippen LogP contribution in [0.25, 0.3) is 0 Å². The minimum Gasteiger partial charge on any atom is -0.497 e. The molecule has 0 radical (unpaired) electrons. The van der Waals surface area contributed by atoms with E-state index in [9.17, 15) is 14.7 Å². The van der Waals surface area contributed by atoms with Crippen LogP contribution in [0.15, 0.2) is 46.9 Å². The first-order valence-electron chi connectivity index (χ1n) is 8.42. The number of amides is 1. The van der Waals surface area contributed by atoms with Crippen LogP contribution in [-0.2, 0) is 10.4 Å². The molecule has 1 atom stereocenters. The number of fused-ring (bicyclic) bond motifs is 1. The number of benzene rings is 2. The van der Waals surface area contributed by atoms with E-state index in [-0.39, 0.29) is 12.2 Å². The zero-order valence-electron chi connectivity index (χ0n) is 14.7. The monoisotopic (exact) mass is 417 g/mol. The lowest BCUT2D eigenvalue weighted by molar-refractivity contribution is -0.135. The van der Waals surface area contributed by atoms with Gasteiger partial charge in [0.25, 0.3) is 5.91 Å². The number of rotatable bonds is 6. The maximum absolute atomic E-state index is 12.9. The second-order valence-corrected chi connectivity index (χ2v) is 7.22. The van der Waals surface area contributed by atoms with Crippen molar-refractivity contribution in [2.45, 2.75) is 25.4 Å². The van der Waals surface area contributed by atoms with Crippen LogP contribution in [0.3, 0.4) is 0 Å². The molecule has 0 aromatic heterocycles. The summed E-state index contributed by atoms with van der Waals surface area (Å²) in [6, 6.07) is 12.0. The Bertz CT molecular complexity index is 849. The summed E-state index contributed by atoms with van der Waals surface area (Å²) in [4.78, 5) is 27.2. The van der Waals surface area contributed by atoms with E-state index in [1.807, 2.05) is 13.0 Å². The SMILES string of the molecule is CCCN1C(=O)[C@](O)(CC(=O)c2ccc(OC)cc2)c2cc(Br)ccc21. The van der Waals surface area contributed by atoms with E-state index in [0.717, 1.165) is 10.9 Å². The Morgan fingerprint density at radius 3 is 2.54 bits per heavy atom. The van der Waals surface area contributed by atoms with Crippen LogP contribution < -0.4 is 9.64 Å². The molecule has 136 valence electrons. The Hall–Kier alpha value is -2.18. The largest absolute Gasteiger partial charge is 0.497 e. The Morgan fingerprint density at radius 1 is 1.23 bits per heavy atom. The number of aliphatic hydroxyl groups is 1. The highest BCUT2D eigenvalue weighted by molar-refractivity contribution is 9.10. The number of carbonyl (C=O) groups is 2. The smallest absolute Gasteiger partial charge is 0.264 e. The second-order valence-electron chi connectivity index (χ2n) is 6.31. The molecule has 1 N–H and O–H groups in total. The summed E-state index contributed by atoms with van der Waals surface area (Å²) >= 11 is 3.38. The molecule has 6 heteroatoms. The van der Waals surface area contributed by atoms with Gasteiger partial charge in [-0.15, -0.1) is 0 Å². The van der Waals surface area contributed by atoms with Crippen molar-refractivity contribution in [1.82, 2.24) is 0 Å². The lowest BCUT2D eigenvalue weighted by Crippen LogP contribution is -2.42. The molecule has 0 aliphatic carbocycles. The fourth-order valence-electron chi connectivity index (χ4n) is 3.25. The van der Waals surface area contributed by atoms with Gasteiger partial charge in [0.1, 0.15) is 5.75 Å². The van der Waals surface area contributed by atoms with Gasteiger partial charge in [-0.25, -0.2) is 0 Å².